The molecule has 3 aromatic rings. The fourth-order valence-electron chi connectivity index (χ4n) is 2.29. The lowest BCUT2D eigenvalue weighted by Crippen LogP contribution is -2.15. The molecule has 23 heavy (non-hydrogen) atoms. The molecule has 0 aliphatic carbocycles. The Morgan fingerprint density at radius 1 is 0.826 bits per heavy atom. The van der Waals surface area contributed by atoms with Crippen LogP contribution in [-0.4, -0.2) is 24.9 Å². The predicted molar refractivity (Wildman–Crippen MR) is 92.3 cm³/mol. The topological polar surface area (TPSA) is 67.3 Å². The number of rotatable bonds is 1. The minimum atomic E-state index is -0.0576. The Kier molecular flexibility index (Phi) is 3.47. The smallest absolute Gasteiger partial charge is 0.141 e. The minimum absolute atomic E-state index is 0.00473. The number of aromatic nitrogens is 5. The second-order valence-corrected chi connectivity index (χ2v) is 7.97. The molecule has 0 aliphatic heterocycles. The van der Waals surface area contributed by atoms with Gasteiger partial charge in [0.1, 0.15) is 11.6 Å². The predicted octanol–water partition coefficient (Wildman–Crippen LogP) is 4.01. The Morgan fingerprint density at radius 3 is 2.04 bits per heavy atom. The van der Waals surface area contributed by atoms with Crippen molar-refractivity contribution in [3.63, 3.8) is 0 Å². The van der Waals surface area contributed by atoms with Gasteiger partial charge in [0.2, 0.25) is 0 Å². The maximum absolute atomic E-state index is 4.67. The molecule has 0 fully saturated rings. The number of H-pyrrole nitrogens is 1. The summed E-state index contributed by atoms with van der Waals surface area (Å²) in [6.07, 6.45) is 5.49. The quantitative estimate of drug-likeness (QED) is 0.737. The number of hydrogen-bond donors (Lipinski definition) is 1. The molecule has 0 saturated heterocycles. The summed E-state index contributed by atoms with van der Waals surface area (Å²) >= 11 is 0. The first-order valence-corrected chi connectivity index (χ1v) is 7.84. The molecule has 0 spiro atoms. The van der Waals surface area contributed by atoms with Crippen LogP contribution < -0.4 is 0 Å². The molecular weight excluding hydrogens is 286 g/mol. The van der Waals surface area contributed by atoms with Crippen LogP contribution in [0.15, 0.2) is 24.7 Å². The summed E-state index contributed by atoms with van der Waals surface area (Å²) < 4.78 is 0. The van der Waals surface area contributed by atoms with Gasteiger partial charge in [0.05, 0.1) is 22.8 Å². The van der Waals surface area contributed by atoms with Gasteiger partial charge in [-0.15, -0.1) is 0 Å². The summed E-state index contributed by atoms with van der Waals surface area (Å²) in [6, 6.07) is 2.04. The first-order chi connectivity index (χ1) is 10.6. The number of aromatic amines is 1. The molecule has 3 rings (SSSR count). The molecule has 5 nitrogen and oxygen atoms in total. The van der Waals surface area contributed by atoms with Crippen LogP contribution in [0.3, 0.4) is 0 Å². The van der Waals surface area contributed by atoms with Crippen LogP contribution in [0, 0.1) is 0 Å². The van der Waals surface area contributed by atoms with E-state index in [9.17, 15) is 0 Å². The molecule has 1 N–H and O–H groups in total. The van der Waals surface area contributed by atoms with Gasteiger partial charge in [-0.1, -0.05) is 41.5 Å². The van der Waals surface area contributed by atoms with Crippen LogP contribution in [0.4, 0.5) is 0 Å². The van der Waals surface area contributed by atoms with Gasteiger partial charge in [0, 0.05) is 28.9 Å². The summed E-state index contributed by atoms with van der Waals surface area (Å²) in [6.45, 7) is 12.7. The lowest BCUT2D eigenvalue weighted by Gasteiger charge is -2.16. The molecule has 0 atom stereocenters. The highest BCUT2D eigenvalue weighted by Gasteiger charge is 2.19. The molecule has 5 heteroatoms. The average Bonchev–Trinajstić information content (AvgIpc) is 2.88. The zero-order chi connectivity index (χ0) is 16.8. The van der Waals surface area contributed by atoms with Crippen molar-refractivity contribution in [3.8, 4) is 11.4 Å². The number of hydrogen-bond acceptors (Lipinski definition) is 4. The largest absolute Gasteiger partial charge is 0.337 e. The Labute approximate surface area is 136 Å². The van der Waals surface area contributed by atoms with E-state index in [1.54, 1.807) is 0 Å². The van der Waals surface area contributed by atoms with Gasteiger partial charge in [-0.3, -0.25) is 4.98 Å². The highest BCUT2D eigenvalue weighted by molar-refractivity contribution is 5.78. The van der Waals surface area contributed by atoms with Crippen LogP contribution in [0.2, 0.25) is 0 Å². The normalized spacial score (nSPS) is 12.8. The van der Waals surface area contributed by atoms with Crippen LogP contribution >= 0.6 is 0 Å². The molecule has 0 aromatic carbocycles. The molecule has 3 aromatic heterocycles. The van der Waals surface area contributed by atoms with Gasteiger partial charge in [0.25, 0.3) is 0 Å². The monoisotopic (exact) mass is 309 g/mol. The number of imidazole rings is 1. The van der Waals surface area contributed by atoms with E-state index in [2.05, 4.69) is 66.5 Å². The van der Waals surface area contributed by atoms with Crippen molar-refractivity contribution in [2.45, 2.75) is 52.4 Å². The zero-order valence-electron chi connectivity index (χ0n) is 14.6. The summed E-state index contributed by atoms with van der Waals surface area (Å²) in [4.78, 5) is 21.4. The second-order valence-electron chi connectivity index (χ2n) is 7.97. The van der Waals surface area contributed by atoms with E-state index >= 15 is 0 Å². The summed E-state index contributed by atoms with van der Waals surface area (Å²) in [7, 11) is 0. The van der Waals surface area contributed by atoms with E-state index < -0.39 is 0 Å². The van der Waals surface area contributed by atoms with Crippen molar-refractivity contribution < 1.29 is 0 Å². The van der Waals surface area contributed by atoms with Crippen molar-refractivity contribution in [2.75, 3.05) is 0 Å². The zero-order valence-corrected chi connectivity index (χ0v) is 14.6. The first kappa shape index (κ1) is 15.6. The maximum Gasteiger partial charge on any atom is 0.141 e. The fraction of sp³-hybridized carbons (Fsp3) is 0.444. The standard InChI is InChI=1S/C18H23N5/c1-17(2,3)14-7-12-13(10-19-14)23-15(22-12)11-8-20-16(21-9-11)18(4,5)6/h7-10H,1-6H3,(H,22,23). The van der Waals surface area contributed by atoms with E-state index in [4.69, 9.17) is 0 Å². The highest BCUT2D eigenvalue weighted by atomic mass is 15.0. The second kappa shape index (κ2) is 5.11. The van der Waals surface area contributed by atoms with Crippen molar-refractivity contribution in [1.82, 2.24) is 24.9 Å². The molecule has 0 unspecified atom stereocenters. The van der Waals surface area contributed by atoms with E-state index in [1.807, 2.05) is 24.7 Å². The number of pyridine rings is 1. The van der Waals surface area contributed by atoms with Crippen LogP contribution in [0.25, 0.3) is 22.4 Å². The van der Waals surface area contributed by atoms with E-state index in [0.717, 1.165) is 33.9 Å². The van der Waals surface area contributed by atoms with Crippen molar-refractivity contribution in [2.24, 2.45) is 0 Å². The van der Waals surface area contributed by atoms with Crippen molar-refractivity contribution >= 4 is 11.0 Å². The van der Waals surface area contributed by atoms with Crippen LogP contribution in [0.5, 0.6) is 0 Å². The molecule has 3 heterocycles. The molecule has 0 amide bonds. The average molecular weight is 309 g/mol. The van der Waals surface area contributed by atoms with Crippen molar-refractivity contribution in [1.29, 1.82) is 0 Å². The number of nitrogens with zero attached hydrogens (tertiary/aromatic N) is 4. The van der Waals surface area contributed by atoms with E-state index in [-0.39, 0.29) is 10.8 Å². The number of nitrogens with one attached hydrogen (secondary N) is 1. The van der Waals surface area contributed by atoms with Gasteiger partial charge >= 0.3 is 0 Å². The lowest BCUT2D eigenvalue weighted by atomic mass is 9.91. The van der Waals surface area contributed by atoms with Gasteiger partial charge in [-0.05, 0) is 6.07 Å². The molecule has 120 valence electrons. The Balaban J connectivity index is 2.00. The van der Waals surface area contributed by atoms with Crippen LogP contribution in [0.1, 0.15) is 53.1 Å². The number of fused-ring (bicyclic) bond motifs is 1. The highest BCUT2D eigenvalue weighted by Crippen LogP contribution is 2.25. The third kappa shape index (κ3) is 3.09. The molecule has 0 saturated carbocycles. The van der Waals surface area contributed by atoms with Gasteiger partial charge in [-0.2, -0.15) is 0 Å². The third-order valence-electron chi connectivity index (χ3n) is 3.73. The van der Waals surface area contributed by atoms with E-state index in [1.165, 1.54) is 0 Å². The van der Waals surface area contributed by atoms with Gasteiger partial charge in [-0.25, -0.2) is 15.0 Å². The first-order valence-electron chi connectivity index (χ1n) is 7.84. The third-order valence-corrected chi connectivity index (χ3v) is 3.73. The summed E-state index contributed by atoms with van der Waals surface area (Å²) in [5.74, 6) is 1.60. The summed E-state index contributed by atoms with van der Waals surface area (Å²) in [5, 5.41) is 0. The van der Waals surface area contributed by atoms with Gasteiger partial charge < -0.3 is 4.98 Å². The SMILES string of the molecule is CC(C)(C)c1cc2nc(-c3cnc(C(C)(C)C)nc3)[nH]c2cn1. The maximum atomic E-state index is 4.67. The van der Waals surface area contributed by atoms with E-state index in [0.29, 0.717) is 0 Å². The van der Waals surface area contributed by atoms with Crippen LogP contribution in [-0.2, 0) is 10.8 Å². The van der Waals surface area contributed by atoms with Gasteiger partial charge in [0.15, 0.2) is 0 Å². The van der Waals surface area contributed by atoms with Crippen molar-refractivity contribution in [3.05, 3.63) is 36.2 Å². The molecule has 0 bridgehead atoms. The molecule has 0 radical (unpaired) electrons. The Bertz CT molecular complexity index is 832. The Morgan fingerprint density at radius 2 is 1.48 bits per heavy atom. The minimum Gasteiger partial charge on any atom is -0.337 e. The molecule has 0 aliphatic rings. The Hall–Kier alpha value is -2.30. The molecular formula is C18H23N5. The lowest BCUT2D eigenvalue weighted by molar-refractivity contribution is 0.545. The summed E-state index contributed by atoms with van der Waals surface area (Å²) in [5.41, 5.74) is 3.70. The fourth-order valence-corrected chi connectivity index (χ4v) is 2.29.